The van der Waals surface area contributed by atoms with Crippen molar-refractivity contribution in [1.82, 2.24) is 10.2 Å². The van der Waals surface area contributed by atoms with Gasteiger partial charge in [0.2, 0.25) is 0 Å². The molecule has 2 N–H and O–H groups in total. The van der Waals surface area contributed by atoms with Gasteiger partial charge in [0.15, 0.2) is 0 Å². The number of urea groups is 1. The van der Waals surface area contributed by atoms with E-state index in [0.717, 1.165) is 18.4 Å². The number of carbonyl (C=O) groups excluding carboxylic acids is 1. The molecule has 0 radical (unpaired) electrons. The lowest BCUT2D eigenvalue weighted by molar-refractivity contribution is 0.206. The van der Waals surface area contributed by atoms with E-state index < -0.39 is 0 Å². The van der Waals surface area contributed by atoms with Gasteiger partial charge in [0, 0.05) is 19.6 Å². The van der Waals surface area contributed by atoms with Crippen molar-refractivity contribution < 1.29 is 9.90 Å². The third kappa shape index (κ3) is 2.89. The predicted molar refractivity (Wildman–Crippen MR) is 61.1 cm³/mol. The van der Waals surface area contributed by atoms with Gasteiger partial charge in [-0.15, -0.1) is 0 Å². The molecule has 4 heteroatoms. The van der Waals surface area contributed by atoms with Gasteiger partial charge in [-0.3, -0.25) is 0 Å². The highest BCUT2D eigenvalue weighted by Crippen LogP contribution is 2.19. The van der Waals surface area contributed by atoms with Crippen LogP contribution in [0.2, 0.25) is 0 Å². The maximum Gasteiger partial charge on any atom is 0.317 e. The molecule has 1 aliphatic carbocycles. The van der Waals surface area contributed by atoms with Gasteiger partial charge in [-0.1, -0.05) is 12.1 Å². The molecule has 1 fully saturated rings. The lowest BCUT2D eigenvalue weighted by Gasteiger charge is -2.17. The third-order valence-corrected chi connectivity index (χ3v) is 2.61. The second kappa shape index (κ2) is 4.43. The normalized spacial score (nSPS) is 14.6. The lowest BCUT2D eigenvalue weighted by atomic mass is 10.2. The Labute approximate surface area is 94.9 Å². The van der Waals surface area contributed by atoms with Crippen molar-refractivity contribution in [2.24, 2.45) is 0 Å². The molecule has 1 saturated carbocycles. The summed E-state index contributed by atoms with van der Waals surface area (Å²) < 4.78 is 0. The van der Waals surface area contributed by atoms with Gasteiger partial charge >= 0.3 is 6.03 Å². The van der Waals surface area contributed by atoms with Crippen molar-refractivity contribution in [1.29, 1.82) is 0 Å². The van der Waals surface area contributed by atoms with Crippen LogP contribution in [0.3, 0.4) is 0 Å². The summed E-state index contributed by atoms with van der Waals surface area (Å²) in [5.74, 6) is 0.244. The van der Waals surface area contributed by atoms with Gasteiger partial charge in [0.1, 0.15) is 5.75 Å². The van der Waals surface area contributed by atoms with E-state index in [9.17, 15) is 4.79 Å². The summed E-state index contributed by atoms with van der Waals surface area (Å²) in [6, 6.07) is 7.24. The number of rotatable bonds is 3. The highest BCUT2D eigenvalue weighted by atomic mass is 16.3. The smallest absolute Gasteiger partial charge is 0.317 e. The van der Waals surface area contributed by atoms with Crippen molar-refractivity contribution >= 4 is 6.03 Å². The minimum absolute atomic E-state index is 0.0319. The molecule has 86 valence electrons. The van der Waals surface area contributed by atoms with Crippen LogP contribution in [0.1, 0.15) is 18.4 Å². The minimum Gasteiger partial charge on any atom is -0.508 e. The van der Waals surface area contributed by atoms with Crippen LogP contribution >= 0.6 is 0 Å². The molecule has 16 heavy (non-hydrogen) atoms. The Morgan fingerprint density at radius 3 is 2.62 bits per heavy atom. The van der Waals surface area contributed by atoms with E-state index in [1.807, 2.05) is 12.1 Å². The molecule has 0 heterocycles. The Hall–Kier alpha value is -1.71. The molecule has 0 saturated heterocycles. The number of phenols is 1. The van der Waals surface area contributed by atoms with Crippen LogP contribution in [0, 0.1) is 0 Å². The molecule has 0 atom stereocenters. The number of amides is 2. The summed E-state index contributed by atoms with van der Waals surface area (Å²) >= 11 is 0. The average Bonchev–Trinajstić information content (AvgIpc) is 3.05. The SMILES string of the molecule is CN(Cc1ccc(O)cc1)C(=O)NC1CC1. The van der Waals surface area contributed by atoms with Crippen molar-refractivity contribution in [2.45, 2.75) is 25.4 Å². The number of hydrogen-bond acceptors (Lipinski definition) is 2. The zero-order valence-electron chi connectivity index (χ0n) is 9.31. The number of hydrogen-bond donors (Lipinski definition) is 2. The first kappa shape index (κ1) is 10.8. The van der Waals surface area contributed by atoms with Crippen LogP contribution in [-0.2, 0) is 6.54 Å². The Kier molecular flexibility index (Phi) is 2.99. The molecule has 1 aromatic carbocycles. The van der Waals surface area contributed by atoms with Crippen LogP contribution < -0.4 is 5.32 Å². The first-order valence-corrected chi connectivity index (χ1v) is 5.44. The van der Waals surface area contributed by atoms with Gasteiger partial charge in [-0.2, -0.15) is 0 Å². The molecule has 0 aliphatic heterocycles. The number of phenolic OH excluding ortho intramolecular Hbond substituents is 1. The summed E-state index contributed by atoms with van der Waals surface area (Å²) in [5, 5.41) is 12.1. The van der Waals surface area contributed by atoms with Gasteiger partial charge in [0.05, 0.1) is 0 Å². The van der Waals surface area contributed by atoms with Crippen LogP contribution in [0.5, 0.6) is 5.75 Å². The van der Waals surface area contributed by atoms with E-state index >= 15 is 0 Å². The largest absolute Gasteiger partial charge is 0.508 e. The molecule has 0 aromatic heterocycles. The maximum absolute atomic E-state index is 11.6. The highest BCUT2D eigenvalue weighted by molar-refractivity contribution is 5.74. The van der Waals surface area contributed by atoms with Crippen LogP contribution in [0.4, 0.5) is 4.79 Å². The van der Waals surface area contributed by atoms with Crippen LogP contribution in [-0.4, -0.2) is 29.1 Å². The number of aromatic hydroxyl groups is 1. The van der Waals surface area contributed by atoms with Gasteiger partial charge < -0.3 is 15.3 Å². The molecule has 2 amide bonds. The number of nitrogens with one attached hydrogen (secondary N) is 1. The molecule has 0 bridgehead atoms. The molecular formula is C12H16N2O2. The third-order valence-electron chi connectivity index (χ3n) is 2.61. The van der Waals surface area contributed by atoms with Gasteiger partial charge in [-0.05, 0) is 30.5 Å². The highest BCUT2D eigenvalue weighted by Gasteiger charge is 2.24. The van der Waals surface area contributed by atoms with Crippen molar-refractivity contribution in [3.63, 3.8) is 0 Å². The van der Waals surface area contributed by atoms with Gasteiger partial charge in [-0.25, -0.2) is 4.79 Å². The molecule has 2 rings (SSSR count). The first-order chi connectivity index (χ1) is 7.65. The fourth-order valence-corrected chi connectivity index (χ4v) is 1.46. The second-order valence-corrected chi connectivity index (χ2v) is 4.25. The molecule has 0 spiro atoms. The Morgan fingerprint density at radius 2 is 2.06 bits per heavy atom. The summed E-state index contributed by atoms with van der Waals surface area (Å²) in [6.07, 6.45) is 2.19. The fraction of sp³-hybridized carbons (Fsp3) is 0.417. The second-order valence-electron chi connectivity index (χ2n) is 4.25. The van der Waals surface area contributed by atoms with Gasteiger partial charge in [0.25, 0.3) is 0 Å². The zero-order valence-corrected chi connectivity index (χ0v) is 9.31. The van der Waals surface area contributed by atoms with E-state index in [4.69, 9.17) is 5.11 Å². The lowest BCUT2D eigenvalue weighted by Crippen LogP contribution is -2.37. The van der Waals surface area contributed by atoms with E-state index in [1.54, 1.807) is 24.1 Å². The molecule has 4 nitrogen and oxygen atoms in total. The average molecular weight is 220 g/mol. The van der Waals surface area contributed by atoms with Crippen molar-refractivity contribution in [3.05, 3.63) is 29.8 Å². The maximum atomic E-state index is 11.6. The molecular weight excluding hydrogens is 204 g/mol. The summed E-state index contributed by atoms with van der Waals surface area (Å²) in [7, 11) is 1.77. The van der Waals surface area contributed by atoms with E-state index in [2.05, 4.69) is 5.32 Å². The molecule has 0 unspecified atom stereocenters. The van der Waals surface area contributed by atoms with Crippen molar-refractivity contribution in [2.75, 3.05) is 7.05 Å². The van der Waals surface area contributed by atoms with E-state index in [1.165, 1.54) is 0 Å². The van der Waals surface area contributed by atoms with E-state index in [0.29, 0.717) is 12.6 Å². The summed E-state index contributed by atoms with van der Waals surface area (Å²) in [5.41, 5.74) is 1.01. The number of nitrogens with zero attached hydrogens (tertiary/aromatic N) is 1. The Bertz CT molecular complexity index is 371. The topological polar surface area (TPSA) is 52.6 Å². The van der Waals surface area contributed by atoms with Crippen LogP contribution in [0.25, 0.3) is 0 Å². The van der Waals surface area contributed by atoms with E-state index in [-0.39, 0.29) is 11.8 Å². The number of benzene rings is 1. The predicted octanol–water partition coefficient (Wildman–Crippen LogP) is 1.70. The fourth-order valence-electron chi connectivity index (χ4n) is 1.46. The first-order valence-electron chi connectivity index (χ1n) is 5.44. The van der Waals surface area contributed by atoms with Crippen molar-refractivity contribution in [3.8, 4) is 5.75 Å². The Morgan fingerprint density at radius 1 is 1.44 bits per heavy atom. The minimum atomic E-state index is -0.0319. The standard InChI is InChI=1S/C12H16N2O2/c1-14(12(16)13-10-4-5-10)8-9-2-6-11(15)7-3-9/h2-3,6-7,10,15H,4-5,8H2,1H3,(H,13,16). The summed E-state index contributed by atoms with van der Waals surface area (Å²) in [4.78, 5) is 13.3. The zero-order chi connectivity index (χ0) is 11.5. The Balaban J connectivity index is 1.87. The summed E-state index contributed by atoms with van der Waals surface area (Å²) in [6.45, 7) is 0.554. The number of carbonyl (C=O) groups is 1. The monoisotopic (exact) mass is 220 g/mol. The molecule has 1 aliphatic rings. The quantitative estimate of drug-likeness (QED) is 0.814. The van der Waals surface area contributed by atoms with Crippen LogP contribution in [0.15, 0.2) is 24.3 Å². The molecule has 1 aromatic rings.